The lowest BCUT2D eigenvalue weighted by molar-refractivity contribution is -0.129. The molecule has 0 atom stereocenters. The first-order chi connectivity index (χ1) is 7.86. The van der Waals surface area contributed by atoms with Crippen LogP contribution in [0.1, 0.15) is 25.7 Å². The largest absolute Gasteiger partial charge is 0.342 e. The summed E-state index contributed by atoms with van der Waals surface area (Å²) in [5, 5.41) is 3.33. The second-order valence-corrected chi connectivity index (χ2v) is 6.00. The summed E-state index contributed by atoms with van der Waals surface area (Å²) in [5.74, 6) is 3.69. The highest BCUT2D eigenvalue weighted by Gasteiger charge is 2.18. The van der Waals surface area contributed by atoms with Crippen LogP contribution in [-0.4, -0.2) is 48.5 Å². The predicted molar refractivity (Wildman–Crippen MR) is 68.7 cm³/mol. The first-order valence-corrected chi connectivity index (χ1v) is 7.58. The zero-order valence-electron chi connectivity index (χ0n) is 9.91. The van der Waals surface area contributed by atoms with E-state index in [-0.39, 0.29) is 0 Å². The van der Waals surface area contributed by atoms with Gasteiger partial charge in [-0.25, -0.2) is 0 Å². The first kappa shape index (κ1) is 12.2. The minimum absolute atomic E-state index is 0.294. The van der Waals surface area contributed by atoms with Crippen LogP contribution in [0, 0.1) is 5.92 Å². The standard InChI is InChI=1S/C12H22N2OS/c15-12(14-5-1-2-6-14)10-13-9-11-3-7-16-8-4-11/h11,13H,1-10H2. The van der Waals surface area contributed by atoms with E-state index in [4.69, 9.17) is 0 Å². The van der Waals surface area contributed by atoms with Gasteiger partial charge in [-0.15, -0.1) is 0 Å². The zero-order chi connectivity index (χ0) is 11.2. The van der Waals surface area contributed by atoms with E-state index in [1.165, 1.54) is 37.2 Å². The fourth-order valence-electron chi connectivity index (χ4n) is 2.41. The molecule has 0 bridgehead atoms. The van der Waals surface area contributed by atoms with Gasteiger partial charge >= 0.3 is 0 Å². The summed E-state index contributed by atoms with van der Waals surface area (Å²) in [6, 6.07) is 0. The van der Waals surface area contributed by atoms with Crippen LogP contribution in [0.15, 0.2) is 0 Å². The molecule has 2 aliphatic rings. The van der Waals surface area contributed by atoms with Crippen LogP contribution in [0.4, 0.5) is 0 Å². The molecule has 0 aliphatic carbocycles. The van der Waals surface area contributed by atoms with Crippen molar-refractivity contribution in [3.05, 3.63) is 0 Å². The normalized spacial score (nSPS) is 22.6. The highest BCUT2D eigenvalue weighted by molar-refractivity contribution is 7.99. The van der Waals surface area contributed by atoms with Crippen LogP contribution in [0.5, 0.6) is 0 Å². The maximum atomic E-state index is 11.7. The van der Waals surface area contributed by atoms with Gasteiger partial charge in [0.05, 0.1) is 6.54 Å². The fraction of sp³-hybridized carbons (Fsp3) is 0.917. The van der Waals surface area contributed by atoms with Gasteiger partial charge in [0.1, 0.15) is 0 Å². The van der Waals surface area contributed by atoms with Gasteiger partial charge in [0, 0.05) is 13.1 Å². The molecule has 0 saturated carbocycles. The Balaban J connectivity index is 1.57. The van der Waals surface area contributed by atoms with Crippen LogP contribution in [0.25, 0.3) is 0 Å². The average molecular weight is 242 g/mol. The lowest BCUT2D eigenvalue weighted by Crippen LogP contribution is -2.38. The molecule has 92 valence electrons. The molecular formula is C12H22N2OS. The number of rotatable bonds is 4. The van der Waals surface area contributed by atoms with Gasteiger partial charge in [-0.1, -0.05) is 0 Å². The molecule has 1 N–H and O–H groups in total. The second kappa shape index (κ2) is 6.50. The van der Waals surface area contributed by atoms with Crippen molar-refractivity contribution in [1.29, 1.82) is 0 Å². The van der Waals surface area contributed by atoms with Crippen molar-refractivity contribution in [2.45, 2.75) is 25.7 Å². The number of hydrogen-bond acceptors (Lipinski definition) is 3. The molecule has 4 heteroatoms. The number of likely N-dealkylation sites (tertiary alicyclic amines) is 1. The molecule has 0 aromatic heterocycles. The van der Waals surface area contributed by atoms with Gasteiger partial charge in [-0.3, -0.25) is 4.79 Å². The predicted octanol–water partition coefficient (Wildman–Crippen LogP) is 1.34. The molecule has 0 aromatic carbocycles. The van der Waals surface area contributed by atoms with Gasteiger partial charge < -0.3 is 10.2 Å². The Labute approximate surface area is 102 Å². The fourth-order valence-corrected chi connectivity index (χ4v) is 3.62. The Morgan fingerprint density at radius 1 is 1.25 bits per heavy atom. The lowest BCUT2D eigenvalue weighted by Gasteiger charge is -2.22. The lowest BCUT2D eigenvalue weighted by atomic mass is 10.0. The molecule has 16 heavy (non-hydrogen) atoms. The molecular weight excluding hydrogens is 220 g/mol. The minimum Gasteiger partial charge on any atom is -0.342 e. The van der Waals surface area contributed by atoms with Crippen molar-refractivity contribution in [1.82, 2.24) is 10.2 Å². The summed E-state index contributed by atoms with van der Waals surface area (Å²) in [7, 11) is 0. The van der Waals surface area contributed by atoms with Crippen molar-refractivity contribution in [2.75, 3.05) is 37.7 Å². The van der Waals surface area contributed by atoms with E-state index in [0.29, 0.717) is 12.5 Å². The quantitative estimate of drug-likeness (QED) is 0.807. The highest BCUT2D eigenvalue weighted by atomic mass is 32.2. The summed E-state index contributed by atoms with van der Waals surface area (Å²) < 4.78 is 0. The molecule has 3 nitrogen and oxygen atoms in total. The van der Waals surface area contributed by atoms with Crippen LogP contribution in [-0.2, 0) is 4.79 Å². The van der Waals surface area contributed by atoms with Crippen LogP contribution in [0.2, 0.25) is 0 Å². The minimum atomic E-state index is 0.294. The molecule has 1 amide bonds. The number of carbonyl (C=O) groups is 1. The smallest absolute Gasteiger partial charge is 0.236 e. The van der Waals surface area contributed by atoms with Crippen molar-refractivity contribution in [3.63, 3.8) is 0 Å². The maximum Gasteiger partial charge on any atom is 0.236 e. The third-order valence-corrected chi connectivity index (χ3v) is 4.56. The third kappa shape index (κ3) is 3.67. The maximum absolute atomic E-state index is 11.7. The van der Waals surface area contributed by atoms with Crippen LogP contribution in [0.3, 0.4) is 0 Å². The molecule has 0 radical (unpaired) electrons. The molecule has 2 fully saturated rings. The van der Waals surface area contributed by atoms with Crippen molar-refractivity contribution >= 4 is 17.7 Å². The number of thioether (sulfide) groups is 1. The van der Waals surface area contributed by atoms with Crippen LogP contribution >= 0.6 is 11.8 Å². The van der Waals surface area contributed by atoms with E-state index >= 15 is 0 Å². The van der Waals surface area contributed by atoms with E-state index in [2.05, 4.69) is 17.1 Å². The van der Waals surface area contributed by atoms with E-state index in [0.717, 1.165) is 25.6 Å². The monoisotopic (exact) mass is 242 g/mol. The third-order valence-electron chi connectivity index (χ3n) is 3.51. The Kier molecular flexibility index (Phi) is 4.97. The summed E-state index contributed by atoms with van der Waals surface area (Å²) in [4.78, 5) is 13.7. The van der Waals surface area contributed by atoms with Gasteiger partial charge in [0.15, 0.2) is 0 Å². The van der Waals surface area contributed by atoms with Crippen molar-refractivity contribution in [2.24, 2.45) is 5.92 Å². The Hall–Kier alpha value is -0.220. The summed E-state index contributed by atoms with van der Waals surface area (Å²) >= 11 is 2.06. The molecule has 0 unspecified atom stereocenters. The van der Waals surface area contributed by atoms with Gasteiger partial charge in [0.2, 0.25) is 5.91 Å². The second-order valence-electron chi connectivity index (χ2n) is 4.77. The Morgan fingerprint density at radius 2 is 1.94 bits per heavy atom. The van der Waals surface area contributed by atoms with E-state index in [1.807, 2.05) is 4.90 Å². The van der Waals surface area contributed by atoms with Gasteiger partial charge in [-0.05, 0) is 49.7 Å². The number of carbonyl (C=O) groups excluding carboxylic acids is 1. The highest BCUT2D eigenvalue weighted by Crippen LogP contribution is 2.21. The van der Waals surface area contributed by atoms with E-state index in [1.54, 1.807) is 0 Å². The Morgan fingerprint density at radius 3 is 2.62 bits per heavy atom. The van der Waals surface area contributed by atoms with Crippen molar-refractivity contribution in [3.8, 4) is 0 Å². The molecule has 0 spiro atoms. The SMILES string of the molecule is O=C(CNCC1CCSCC1)N1CCCC1. The van der Waals surface area contributed by atoms with Crippen molar-refractivity contribution < 1.29 is 4.79 Å². The first-order valence-electron chi connectivity index (χ1n) is 6.42. The topological polar surface area (TPSA) is 32.3 Å². The number of hydrogen-bond donors (Lipinski definition) is 1. The van der Waals surface area contributed by atoms with Gasteiger partial charge in [0.25, 0.3) is 0 Å². The molecule has 2 aliphatic heterocycles. The number of nitrogens with one attached hydrogen (secondary N) is 1. The van der Waals surface area contributed by atoms with Crippen LogP contribution < -0.4 is 5.32 Å². The molecule has 2 rings (SSSR count). The van der Waals surface area contributed by atoms with E-state index in [9.17, 15) is 4.79 Å². The van der Waals surface area contributed by atoms with E-state index < -0.39 is 0 Å². The number of nitrogens with zero attached hydrogens (tertiary/aromatic N) is 1. The molecule has 2 heterocycles. The molecule has 2 saturated heterocycles. The molecule has 0 aromatic rings. The summed E-state index contributed by atoms with van der Waals surface area (Å²) in [6.07, 6.45) is 5.00. The summed E-state index contributed by atoms with van der Waals surface area (Å²) in [6.45, 7) is 3.52. The average Bonchev–Trinajstić information content (AvgIpc) is 2.84. The number of amides is 1. The zero-order valence-corrected chi connectivity index (χ0v) is 10.7. The summed E-state index contributed by atoms with van der Waals surface area (Å²) in [5.41, 5.74) is 0. The Bertz CT molecular complexity index is 223. The van der Waals surface area contributed by atoms with Gasteiger partial charge in [-0.2, -0.15) is 11.8 Å².